The van der Waals surface area contributed by atoms with E-state index >= 15 is 0 Å². The average Bonchev–Trinajstić information content (AvgIpc) is 2.69. The highest BCUT2D eigenvalue weighted by Gasteiger charge is 2.08. The molecule has 0 heterocycles. The Hall–Kier alpha value is -1.08. The molecule has 0 aliphatic carbocycles. The minimum Gasteiger partial charge on any atom is -0.289 e. The Morgan fingerprint density at radius 3 is 2.00 bits per heavy atom. The van der Waals surface area contributed by atoms with Gasteiger partial charge in [0.15, 0.2) is 5.43 Å². The van der Waals surface area contributed by atoms with Gasteiger partial charge in [-0.25, -0.2) is 0 Å². The molecule has 0 saturated carbocycles. The van der Waals surface area contributed by atoms with Crippen LogP contribution in [-0.4, -0.2) is 0 Å². The smallest absolute Gasteiger partial charge is 0.187 e. The minimum absolute atomic E-state index is 0. The van der Waals surface area contributed by atoms with Crippen molar-refractivity contribution in [2.24, 2.45) is 0 Å². The molecule has 0 fully saturated rings. The largest absolute Gasteiger partial charge is 0.289 e. The Morgan fingerprint density at radius 2 is 1.55 bits per heavy atom. The molecular weight excluding hydrogens is 160 g/mol. The van der Waals surface area contributed by atoms with E-state index in [-0.39, 0.29) is 17.8 Å². The van der Waals surface area contributed by atoms with E-state index < -0.39 is 0 Å². The van der Waals surface area contributed by atoms with E-state index in [1.165, 1.54) is 0 Å². The molecule has 0 spiro atoms. The summed E-state index contributed by atoms with van der Waals surface area (Å²) in [5.74, 6) is 0. The first kappa shape index (κ1) is 8.02. The maximum atomic E-state index is 10.6. The second-order valence-corrected chi connectivity index (χ2v) is 2.29. The lowest BCUT2D eigenvalue weighted by atomic mass is 10.2. The van der Waals surface area contributed by atoms with Gasteiger partial charge in [0, 0.05) is 5.56 Å². The quantitative estimate of drug-likeness (QED) is 0.634. The van der Waals surface area contributed by atoms with E-state index in [0.29, 0.717) is 0 Å². The van der Waals surface area contributed by atoms with E-state index in [0.717, 1.165) is 11.1 Å². The summed E-state index contributed by atoms with van der Waals surface area (Å²) in [6, 6.07) is 11.3. The first-order valence-electron chi connectivity index (χ1n) is 3.19. The third kappa shape index (κ3) is 1.49. The van der Waals surface area contributed by atoms with Crippen LogP contribution in [0.1, 0.15) is 0 Å². The Labute approximate surface area is 70.8 Å². The van der Waals surface area contributed by atoms with Gasteiger partial charge in [-0.2, -0.15) is 0 Å². The lowest BCUT2D eigenvalue weighted by Crippen LogP contribution is -1.74. The maximum Gasteiger partial charge on any atom is 0.187 e. The van der Waals surface area contributed by atoms with Crippen molar-refractivity contribution in [2.45, 2.75) is 0 Å². The van der Waals surface area contributed by atoms with Crippen molar-refractivity contribution in [3.05, 3.63) is 46.6 Å². The summed E-state index contributed by atoms with van der Waals surface area (Å²) in [5.41, 5.74) is 2.07. The minimum atomic E-state index is 0. The molecular formula is C9H7ClO. The monoisotopic (exact) mass is 166 g/mol. The Balaban J connectivity index is 0.000000605. The van der Waals surface area contributed by atoms with Gasteiger partial charge in [0.1, 0.15) is 0 Å². The molecule has 0 amide bonds. The van der Waals surface area contributed by atoms with Crippen molar-refractivity contribution in [3.8, 4) is 11.1 Å². The standard InChI is InChI=1S/C9H6O.ClH/c10-9-6-8(9)7-4-2-1-3-5-7;/h1-6H;1H. The van der Waals surface area contributed by atoms with Crippen LogP contribution in [0.3, 0.4) is 0 Å². The van der Waals surface area contributed by atoms with Crippen LogP contribution in [-0.2, 0) is 0 Å². The summed E-state index contributed by atoms with van der Waals surface area (Å²) >= 11 is 0. The van der Waals surface area contributed by atoms with Crippen LogP contribution in [0.25, 0.3) is 11.1 Å². The first-order valence-corrected chi connectivity index (χ1v) is 3.19. The topological polar surface area (TPSA) is 17.1 Å². The fourth-order valence-corrected chi connectivity index (χ4v) is 0.938. The van der Waals surface area contributed by atoms with E-state index in [1.54, 1.807) is 6.07 Å². The van der Waals surface area contributed by atoms with E-state index in [4.69, 9.17) is 0 Å². The highest BCUT2D eigenvalue weighted by atomic mass is 35.5. The molecule has 0 radical (unpaired) electrons. The van der Waals surface area contributed by atoms with Crippen molar-refractivity contribution >= 4 is 12.4 Å². The molecule has 0 bridgehead atoms. The van der Waals surface area contributed by atoms with Crippen LogP contribution in [0.4, 0.5) is 0 Å². The Kier molecular flexibility index (Phi) is 2.11. The fraction of sp³-hybridized carbons (Fsp3) is 0. The second kappa shape index (κ2) is 2.89. The highest BCUT2D eigenvalue weighted by Crippen LogP contribution is 2.16. The van der Waals surface area contributed by atoms with Crippen LogP contribution in [0, 0.1) is 0 Å². The predicted molar refractivity (Wildman–Crippen MR) is 47.8 cm³/mol. The van der Waals surface area contributed by atoms with Gasteiger partial charge in [0.05, 0.1) is 0 Å². The Morgan fingerprint density at radius 1 is 1.00 bits per heavy atom. The molecule has 56 valence electrons. The molecule has 0 aliphatic rings. The van der Waals surface area contributed by atoms with Crippen molar-refractivity contribution < 1.29 is 0 Å². The molecule has 0 aromatic heterocycles. The number of hydrogen-bond acceptors (Lipinski definition) is 1. The molecule has 0 saturated heterocycles. The molecule has 2 heteroatoms. The second-order valence-electron chi connectivity index (χ2n) is 2.29. The van der Waals surface area contributed by atoms with Gasteiger partial charge in [0.25, 0.3) is 0 Å². The zero-order valence-electron chi connectivity index (χ0n) is 5.78. The van der Waals surface area contributed by atoms with Gasteiger partial charge in [-0.05, 0) is 11.6 Å². The molecule has 2 aromatic rings. The average molecular weight is 167 g/mol. The molecule has 2 rings (SSSR count). The summed E-state index contributed by atoms with van der Waals surface area (Å²) in [5, 5.41) is 0. The summed E-state index contributed by atoms with van der Waals surface area (Å²) in [6.07, 6.45) is 0. The summed E-state index contributed by atoms with van der Waals surface area (Å²) in [4.78, 5) is 10.6. The lowest BCUT2D eigenvalue weighted by Gasteiger charge is -1.86. The summed E-state index contributed by atoms with van der Waals surface area (Å²) in [6.45, 7) is 0. The molecule has 0 unspecified atom stereocenters. The summed E-state index contributed by atoms with van der Waals surface area (Å²) < 4.78 is 0. The first-order chi connectivity index (χ1) is 4.88. The van der Waals surface area contributed by atoms with Crippen molar-refractivity contribution in [2.75, 3.05) is 0 Å². The van der Waals surface area contributed by atoms with Gasteiger partial charge >= 0.3 is 0 Å². The third-order valence-corrected chi connectivity index (χ3v) is 1.54. The van der Waals surface area contributed by atoms with E-state index in [1.807, 2.05) is 30.3 Å². The number of benzene rings is 1. The van der Waals surface area contributed by atoms with Crippen LogP contribution >= 0.6 is 12.4 Å². The zero-order chi connectivity index (χ0) is 6.97. The maximum absolute atomic E-state index is 10.6. The van der Waals surface area contributed by atoms with E-state index in [2.05, 4.69) is 0 Å². The molecule has 11 heavy (non-hydrogen) atoms. The molecule has 1 nitrogen and oxygen atoms in total. The van der Waals surface area contributed by atoms with Gasteiger partial charge < -0.3 is 0 Å². The molecule has 0 N–H and O–H groups in total. The lowest BCUT2D eigenvalue weighted by molar-refractivity contribution is 1.70. The molecule has 0 atom stereocenters. The SMILES string of the molecule is Cl.O=c1cc1-c1ccccc1. The van der Waals surface area contributed by atoms with Gasteiger partial charge in [-0.15, -0.1) is 12.4 Å². The van der Waals surface area contributed by atoms with Crippen molar-refractivity contribution in [1.82, 2.24) is 0 Å². The fourth-order valence-electron chi connectivity index (χ4n) is 0.938. The third-order valence-electron chi connectivity index (χ3n) is 1.54. The van der Waals surface area contributed by atoms with E-state index in [9.17, 15) is 4.79 Å². The predicted octanol–water partition coefficient (Wildman–Crippen LogP) is 2.01. The van der Waals surface area contributed by atoms with Crippen LogP contribution in [0.2, 0.25) is 0 Å². The van der Waals surface area contributed by atoms with Crippen LogP contribution in [0.15, 0.2) is 41.2 Å². The Bertz CT molecular complexity index is 344. The zero-order valence-corrected chi connectivity index (χ0v) is 6.60. The van der Waals surface area contributed by atoms with Crippen molar-refractivity contribution in [3.63, 3.8) is 0 Å². The molecule has 2 aromatic carbocycles. The van der Waals surface area contributed by atoms with Crippen LogP contribution in [0.5, 0.6) is 0 Å². The number of halogens is 1. The highest BCUT2D eigenvalue weighted by molar-refractivity contribution is 5.85. The van der Waals surface area contributed by atoms with Gasteiger partial charge in [0.2, 0.25) is 0 Å². The number of hydrogen-bond donors (Lipinski definition) is 0. The van der Waals surface area contributed by atoms with Gasteiger partial charge in [-0.3, -0.25) is 4.79 Å². The van der Waals surface area contributed by atoms with Gasteiger partial charge in [-0.1, -0.05) is 30.3 Å². The van der Waals surface area contributed by atoms with Crippen LogP contribution < -0.4 is 5.43 Å². The summed E-state index contributed by atoms with van der Waals surface area (Å²) in [7, 11) is 0. The number of rotatable bonds is 1. The molecule has 0 aliphatic heterocycles. The normalized spacial score (nSPS) is 9.45. The van der Waals surface area contributed by atoms with Crippen molar-refractivity contribution in [1.29, 1.82) is 0 Å².